The number of aromatic nitrogens is 1. The predicted octanol–water partition coefficient (Wildman–Crippen LogP) is 2.33. The number of carbonyl (C=O) groups is 2. The molecule has 0 unspecified atom stereocenters. The fourth-order valence-electron chi connectivity index (χ4n) is 3.48. The van der Waals surface area contributed by atoms with Crippen molar-refractivity contribution in [3.8, 4) is 0 Å². The molecule has 1 aliphatic heterocycles. The lowest BCUT2D eigenvalue weighted by atomic mass is 10.0. The van der Waals surface area contributed by atoms with Crippen LogP contribution in [0.5, 0.6) is 0 Å². The van der Waals surface area contributed by atoms with Crippen LogP contribution in [0, 0.1) is 5.92 Å². The van der Waals surface area contributed by atoms with Crippen LogP contribution < -0.4 is 5.32 Å². The Balaban J connectivity index is 1.48. The molecule has 1 fully saturated rings. The van der Waals surface area contributed by atoms with Crippen molar-refractivity contribution in [1.29, 1.82) is 0 Å². The second-order valence-electron chi connectivity index (χ2n) is 7.80. The first kappa shape index (κ1) is 17.4. The quantitative estimate of drug-likeness (QED) is 0.907. The van der Waals surface area contributed by atoms with E-state index in [2.05, 4.69) is 5.32 Å². The van der Waals surface area contributed by atoms with Crippen LogP contribution in [0.15, 0.2) is 0 Å². The second kappa shape index (κ2) is 6.82. The van der Waals surface area contributed by atoms with Crippen molar-refractivity contribution in [1.82, 2.24) is 15.2 Å². The van der Waals surface area contributed by atoms with Crippen LogP contribution in [0.2, 0.25) is 0 Å². The van der Waals surface area contributed by atoms with Gasteiger partial charge in [-0.25, -0.2) is 4.98 Å². The molecule has 3 rings (SSSR count). The molecule has 2 amide bonds. The molecule has 0 aromatic carbocycles. The van der Waals surface area contributed by atoms with E-state index in [1.807, 2.05) is 25.7 Å². The summed E-state index contributed by atoms with van der Waals surface area (Å²) in [6, 6.07) is 0. The van der Waals surface area contributed by atoms with E-state index in [4.69, 9.17) is 4.98 Å². The third-order valence-corrected chi connectivity index (χ3v) is 6.05. The Bertz CT molecular complexity index is 609. The number of likely N-dealkylation sites (tertiary alicyclic amines) is 1. The van der Waals surface area contributed by atoms with Crippen LogP contribution >= 0.6 is 11.3 Å². The van der Waals surface area contributed by atoms with Gasteiger partial charge in [-0.3, -0.25) is 9.59 Å². The van der Waals surface area contributed by atoms with Crippen LogP contribution in [0.4, 0.5) is 0 Å². The van der Waals surface area contributed by atoms with Crippen molar-refractivity contribution in [3.63, 3.8) is 0 Å². The van der Waals surface area contributed by atoms with E-state index in [1.54, 1.807) is 11.3 Å². The van der Waals surface area contributed by atoms with Gasteiger partial charge in [-0.05, 0) is 46.5 Å². The van der Waals surface area contributed by atoms with Gasteiger partial charge < -0.3 is 10.2 Å². The molecule has 1 atom stereocenters. The van der Waals surface area contributed by atoms with Crippen LogP contribution in [0.25, 0.3) is 0 Å². The number of hydrogen-bond donors (Lipinski definition) is 1. The first-order chi connectivity index (χ1) is 11.3. The number of carbonyl (C=O) groups excluding carboxylic acids is 2. The number of thiazole rings is 1. The highest BCUT2D eigenvalue weighted by atomic mass is 32.1. The minimum absolute atomic E-state index is 0.00332. The van der Waals surface area contributed by atoms with Gasteiger partial charge in [0.25, 0.3) is 0 Å². The molecule has 1 aliphatic carbocycles. The second-order valence-corrected chi connectivity index (χ2v) is 8.97. The van der Waals surface area contributed by atoms with Gasteiger partial charge in [-0.2, -0.15) is 0 Å². The standard InChI is InChI=1S/C18H27N3O2S/c1-18(2,3)21-11-12(10-16(21)22)17(23)19-9-8-15-20-13-6-4-5-7-14(13)24-15/h12H,4-11H2,1-3H3,(H,19,23)/t12-/m1/s1. The van der Waals surface area contributed by atoms with Crippen molar-refractivity contribution in [2.24, 2.45) is 5.92 Å². The lowest BCUT2D eigenvalue weighted by Crippen LogP contribution is -2.43. The molecular weight excluding hydrogens is 322 g/mol. The minimum Gasteiger partial charge on any atom is -0.355 e. The van der Waals surface area contributed by atoms with Gasteiger partial charge >= 0.3 is 0 Å². The van der Waals surface area contributed by atoms with Gasteiger partial charge in [-0.1, -0.05) is 0 Å². The Morgan fingerprint density at radius 1 is 1.33 bits per heavy atom. The van der Waals surface area contributed by atoms with Gasteiger partial charge in [0.2, 0.25) is 11.8 Å². The largest absolute Gasteiger partial charge is 0.355 e. The maximum Gasteiger partial charge on any atom is 0.225 e. The van der Waals surface area contributed by atoms with Crippen LogP contribution in [-0.4, -0.2) is 40.3 Å². The summed E-state index contributed by atoms with van der Waals surface area (Å²) >= 11 is 1.80. The monoisotopic (exact) mass is 349 g/mol. The van der Waals surface area contributed by atoms with Crippen molar-refractivity contribution in [3.05, 3.63) is 15.6 Å². The molecule has 24 heavy (non-hydrogen) atoms. The summed E-state index contributed by atoms with van der Waals surface area (Å²) in [6.45, 7) is 7.16. The molecule has 6 heteroatoms. The van der Waals surface area contributed by atoms with Crippen molar-refractivity contribution < 1.29 is 9.59 Å². The smallest absolute Gasteiger partial charge is 0.225 e. The zero-order chi connectivity index (χ0) is 17.3. The van der Waals surface area contributed by atoms with Gasteiger partial charge in [0.05, 0.1) is 16.6 Å². The zero-order valence-electron chi connectivity index (χ0n) is 14.9. The average molecular weight is 350 g/mol. The minimum atomic E-state index is -0.221. The molecule has 2 heterocycles. The molecule has 0 bridgehead atoms. The molecule has 132 valence electrons. The van der Waals surface area contributed by atoms with Crippen molar-refractivity contribution in [2.75, 3.05) is 13.1 Å². The average Bonchev–Trinajstić information content (AvgIpc) is 3.09. The van der Waals surface area contributed by atoms with E-state index in [9.17, 15) is 9.59 Å². The van der Waals surface area contributed by atoms with Crippen molar-refractivity contribution in [2.45, 2.75) is 64.8 Å². The molecule has 0 radical (unpaired) electrons. The number of nitrogens with one attached hydrogen (secondary N) is 1. The van der Waals surface area contributed by atoms with Crippen LogP contribution in [-0.2, 0) is 28.9 Å². The summed E-state index contributed by atoms with van der Waals surface area (Å²) in [7, 11) is 0. The number of fused-ring (bicyclic) bond motifs is 1. The summed E-state index contributed by atoms with van der Waals surface area (Å²) in [5.74, 6) is -0.145. The molecule has 0 spiro atoms. The lowest BCUT2D eigenvalue weighted by molar-refractivity contribution is -0.132. The van der Waals surface area contributed by atoms with Crippen LogP contribution in [0.3, 0.4) is 0 Å². The molecule has 0 saturated carbocycles. The Kier molecular flexibility index (Phi) is 4.95. The predicted molar refractivity (Wildman–Crippen MR) is 95.0 cm³/mol. The molecule has 1 aromatic rings. The van der Waals surface area contributed by atoms with Gasteiger partial charge in [-0.15, -0.1) is 11.3 Å². The van der Waals surface area contributed by atoms with Crippen molar-refractivity contribution >= 4 is 23.2 Å². The molecule has 1 aromatic heterocycles. The number of nitrogens with zero attached hydrogens (tertiary/aromatic N) is 2. The molecule has 1 saturated heterocycles. The maximum absolute atomic E-state index is 12.3. The van der Waals surface area contributed by atoms with E-state index in [0.717, 1.165) is 24.3 Å². The highest BCUT2D eigenvalue weighted by Crippen LogP contribution is 2.27. The zero-order valence-corrected chi connectivity index (χ0v) is 15.7. The molecule has 2 aliphatic rings. The fourth-order valence-corrected chi connectivity index (χ4v) is 4.64. The first-order valence-electron chi connectivity index (χ1n) is 8.90. The highest BCUT2D eigenvalue weighted by Gasteiger charge is 2.39. The molecule has 1 N–H and O–H groups in total. The summed E-state index contributed by atoms with van der Waals surface area (Å²) in [5.41, 5.74) is 1.06. The maximum atomic E-state index is 12.3. The van der Waals surface area contributed by atoms with Gasteiger partial charge in [0.15, 0.2) is 0 Å². The summed E-state index contributed by atoms with van der Waals surface area (Å²) in [5, 5.41) is 4.12. The lowest BCUT2D eigenvalue weighted by Gasteiger charge is -2.31. The summed E-state index contributed by atoms with van der Waals surface area (Å²) in [6.07, 6.45) is 5.89. The SMILES string of the molecule is CC(C)(C)N1C[C@H](C(=O)NCCc2nc3c(s2)CCCC3)CC1=O. The Hall–Kier alpha value is -1.43. The van der Waals surface area contributed by atoms with E-state index >= 15 is 0 Å². The third kappa shape index (κ3) is 3.79. The summed E-state index contributed by atoms with van der Waals surface area (Å²) < 4.78 is 0. The van der Waals surface area contributed by atoms with Gasteiger partial charge in [0.1, 0.15) is 0 Å². The Labute approximate surface area is 147 Å². The third-order valence-electron chi connectivity index (χ3n) is 4.83. The van der Waals surface area contributed by atoms with E-state index in [0.29, 0.717) is 19.5 Å². The van der Waals surface area contributed by atoms with E-state index in [1.165, 1.54) is 23.4 Å². The number of hydrogen-bond acceptors (Lipinski definition) is 4. The van der Waals surface area contributed by atoms with Crippen LogP contribution in [0.1, 0.15) is 55.6 Å². The highest BCUT2D eigenvalue weighted by molar-refractivity contribution is 7.11. The number of amides is 2. The fraction of sp³-hybridized carbons (Fsp3) is 0.722. The first-order valence-corrected chi connectivity index (χ1v) is 9.72. The number of rotatable bonds is 4. The number of aryl methyl sites for hydroxylation is 2. The molecular formula is C18H27N3O2S. The molecule has 5 nitrogen and oxygen atoms in total. The Morgan fingerprint density at radius 3 is 2.75 bits per heavy atom. The normalized spacial score (nSPS) is 21.0. The van der Waals surface area contributed by atoms with E-state index < -0.39 is 0 Å². The van der Waals surface area contributed by atoms with Gasteiger partial charge in [0, 0.05) is 36.3 Å². The topological polar surface area (TPSA) is 62.3 Å². The summed E-state index contributed by atoms with van der Waals surface area (Å²) in [4.78, 5) is 32.4. The Morgan fingerprint density at radius 2 is 2.08 bits per heavy atom. The van der Waals surface area contributed by atoms with E-state index in [-0.39, 0.29) is 23.3 Å².